The van der Waals surface area contributed by atoms with Crippen LogP contribution >= 0.6 is 11.8 Å². The van der Waals surface area contributed by atoms with Crippen molar-refractivity contribution in [2.24, 2.45) is 0 Å². The van der Waals surface area contributed by atoms with Crippen LogP contribution < -0.4 is 10.2 Å². The highest BCUT2D eigenvalue weighted by atomic mass is 32.2. The number of thioether (sulfide) groups is 1. The Morgan fingerprint density at radius 3 is 2.31 bits per heavy atom. The molecule has 1 saturated carbocycles. The predicted molar refractivity (Wildman–Crippen MR) is 133 cm³/mol. The second kappa shape index (κ2) is 8.96. The van der Waals surface area contributed by atoms with Crippen LogP contribution in [0, 0.1) is 0 Å². The smallest absolute Gasteiger partial charge is 0.234 e. The first-order valence-electron chi connectivity index (χ1n) is 12.0. The summed E-state index contributed by atoms with van der Waals surface area (Å²) >= 11 is 1.38. The van der Waals surface area contributed by atoms with E-state index in [0.717, 1.165) is 37.0 Å². The van der Waals surface area contributed by atoms with E-state index in [1.54, 1.807) is 42.5 Å². The van der Waals surface area contributed by atoms with Gasteiger partial charge in [-0.1, -0.05) is 36.0 Å². The van der Waals surface area contributed by atoms with Crippen molar-refractivity contribution < 1.29 is 14.4 Å². The Labute approximate surface area is 207 Å². The normalized spacial score (nSPS) is 17.2. The number of aromatic nitrogens is 3. The van der Waals surface area contributed by atoms with Crippen LogP contribution in [-0.4, -0.2) is 51.1 Å². The van der Waals surface area contributed by atoms with Crippen LogP contribution in [0.4, 0.5) is 11.6 Å². The Hall–Kier alpha value is -3.46. The summed E-state index contributed by atoms with van der Waals surface area (Å²) in [5.41, 5.74) is 1.99. The maximum Gasteiger partial charge on any atom is 0.234 e. The highest BCUT2D eigenvalue weighted by molar-refractivity contribution is 7.99. The molecule has 1 amide bonds. The molecule has 0 bridgehead atoms. The van der Waals surface area contributed by atoms with Gasteiger partial charge in [-0.3, -0.25) is 19.0 Å². The van der Waals surface area contributed by atoms with Crippen molar-refractivity contribution in [1.29, 1.82) is 0 Å². The topological polar surface area (TPSA) is 97.2 Å². The molecule has 1 aromatic heterocycles. The maximum absolute atomic E-state index is 13.0. The lowest BCUT2D eigenvalue weighted by molar-refractivity contribution is -0.113. The van der Waals surface area contributed by atoms with Crippen molar-refractivity contribution in [2.75, 3.05) is 29.1 Å². The number of benzene rings is 2. The molecular weight excluding hydrogens is 462 g/mol. The molecule has 0 spiro atoms. The van der Waals surface area contributed by atoms with E-state index in [4.69, 9.17) is 0 Å². The van der Waals surface area contributed by atoms with Crippen LogP contribution in [0.5, 0.6) is 0 Å². The van der Waals surface area contributed by atoms with E-state index in [1.165, 1.54) is 31.0 Å². The quantitative estimate of drug-likeness (QED) is 0.409. The number of anilines is 2. The van der Waals surface area contributed by atoms with E-state index in [0.29, 0.717) is 34.0 Å². The van der Waals surface area contributed by atoms with Gasteiger partial charge in [0.15, 0.2) is 16.7 Å². The van der Waals surface area contributed by atoms with Crippen LogP contribution in [0.1, 0.15) is 70.0 Å². The molecule has 2 fully saturated rings. The third-order valence-corrected chi connectivity index (χ3v) is 7.68. The Kier molecular flexibility index (Phi) is 5.64. The van der Waals surface area contributed by atoms with Gasteiger partial charge in [0.25, 0.3) is 0 Å². The van der Waals surface area contributed by atoms with Gasteiger partial charge in [-0.2, -0.15) is 0 Å². The monoisotopic (exact) mass is 487 g/mol. The zero-order chi connectivity index (χ0) is 23.9. The summed E-state index contributed by atoms with van der Waals surface area (Å²) in [6.07, 6.45) is 5.82. The van der Waals surface area contributed by atoms with Crippen LogP contribution in [0.25, 0.3) is 0 Å². The van der Waals surface area contributed by atoms with E-state index in [2.05, 4.69) is 25.0 Å². The van der Waals surface area contributed by atoms with Crippen LogP contribution in [0.2, 0.25) is 0 Å². The molecule has 35 heavy (non-hydrogen) atoms. The Balaban J connectivity index is 1.15. The SMILES string of the molecule is O=C(CSc1nnc(N2CCCCC2)n1C1CC1)Nc1ccc2c(c1)C(=O)c1ccccc1C2=O. The number of amides is 1. The van der Waals surface area contributed by atoms with Gasteiger partial charge in [0, 0.05) is 47.1 Å². The zero-order valence-corrected chi connectivity index (χ0v) is 20.0. The minimum absolute atomic E-state index is 0.174. The molecule has 0 atom stereocenters. The van der Waals surface area contributed by atoms with E-state index < -0.39 is 0 Å². The Morgan fingerprint density at radius 1 is 0.914 bits per heavy atom. The number of piperidine rings is 1. The van der Waals surface area contributed by atoms with Crippen LogP contribution in [0.15, 0.2) is 47.6 Å². The largest absolute Gasteiger partial charge is 0.341 e. The second-order valence-electron chi connectivity index (χ2n) is 9.23. The lowest BCUT2D eigenvalue weighted by atomic mass is 9.84. The van der Waals surface area contributed by atoms with E-state index in [1.807, 2.05) is 0 Å². The Morgan fingerprint density at radius 2 is 1.60 bits per heavy atom. The molecule has 0 radical (unpaired) electrons. The number of hydrogen-bond acceptors (Lipinski definition) is 7. The zero-order valence-electron chi connectivity index (χ0n) is 19.2. The third-order valence-electron chi connectivity index (χ3n) is 6.74. The first-order valence-corrected chi connectivity index (χ1v) is 13.0. The van der Waals surface area contributed by atoms with Crippen molar-refractivity contribution in [3.05, 3.63) is 64.7 Å². The van der Waals surface area contributed by atoms with Crippen molar-refractivity contribution in [2.45, 2.75) is 43.3 Å². The predicted octanol–water partition coefficient (Wildman–Crippen LogP) is 4.11. The first kappa shape index (κ1) is 22.0. The fourth-order valence-corrected chi connectivity index (χ4v) is 5.63. The molecule has 2 aliphatic carbocycles. The van der Waals surface area contributed by atoms with Gasteiger partial charge in [0.2, 0.25) is 11.9 Å². The molecule has 2 aromatic carbocycles. The molecule has 6 rings (SSSR count). The molecule has 1 saturated heterocycles. The fraction of sp³-hybridized carbons (Fsp3) is 0.346. The van der Waals surface area contributed by atoms with E-state index >= 15 is 0 Å². The van der Waals surface area contributed by atoms with Crippen molar-refractivity contribution in [3.8, 4) is 0 Å². The van der Waals surface area contributed by atoms with Gasteiger partial charge in [-0.05, 0) is 50.3 Å². The third kappa shape index (κ3) is 4.14. The molecule has 1 N–H and O–H groups in total. The van der Waals surface area contributed by atoms with E-state index in [9.17, 15) is 14.4 Å². The molecule has 2 heterocycles. The number of rotatable bonds is 6. The highest BCUT2D eigenvalue weighted by Gasteiger charge is 2.32. The van der Waals surface area contributed by atoms with E-state index in [-0.39, 0.29) is 23.2 Å². The molecule has 3 aliphatic rings. The van der Waals surface area contributed by atoms with Crippen LogP contribution in [-0.2, 0) is 4.79 Å². The number of nitrogens with zero attached hydrogens (tertiary/aromatic N) is 4. The van der Waals surface area contributed by atoms with Crippen LogP contribution in [0.3, 0.4) is 0 Å². The number of carbonyl (C=O) groups is 3. The van der Waals surface area contributed by atoms with Gasteiger partial charge < -0.3 is 10.2 Å². The Bertz CT molecular complexity index is 1340. The number of nitrogens with one attached hydrogen (secondary N) is 1. The van der Waals surface area contributed by atoms with Gasteiger partial charge in [-0.25, -0.2) is 0 Å². The molecule has 178 valence electrons. The summed E-state index contributed by atoms with van der Waals surface area (Å²) in [7, 11) is 0. The number of fused-ring (bicyclic) bond motifs is 2. The summed E-state index contributed by atoms with van der Waals surface area (Å²) in [4.78, 5) is 40.8. The van der Waals surface area contributed by atoms with Gasteiger partial charge >= 0.3 is 0 Å². The summed E-state index contributed by atoms with van der Waals surface area (Å²) in [6.45, 7) is 2.00. The number of carbonyl (C=O) groups excluding carboxylic acids is 3. The second-order valence-corrected chi connectivity index (χ2v) is 10.2. The average molecular weight is 488 g/mol. The van der Waals surface area contributed by atoms with Gasteiger partial charge in [-0.15, -0.1) is 10.2 Å². The first-order chi connectivity index (χ1) is 17.1. The summed E-state index contributed by atoms with van der Waals surface area (Å²) < 4.78 is 2.20. The standard InChI is InChI=1S/C26H25N5O3S/c32-22(15-35-26-29-28-25(31(26)17-9-10-17)30-12-4-1-5-13-30)27-16-8-11-20-21(14-16)24(34)19-7-3-2-6-18(19)23(20)33/h2-3,6-8,11,14,17H,1,4-5,9-10,12-13,15H2,(H,27,32). The molecule has 3 aromatic rings. The van der Waals surface area contributed by atoms with Crippen molar-refractivity contribution >= 4 is 40.9 Å². The maximum atomic E-state index is 13.0. The molecular formula is C26H25N5O3S. The molecule has 0 unspecified atom stereocenters. The average Bonchev–Trinajstić information content (AvgIpc) is 3.65. The molecule has 1 aliphatic heterocycles. The molecule has 8 nitrogen and oxygen atoms in total. The van der Waals surface area contributed by atoms with Gasteiger partial charge in [0.1, 0.15) is 0 Å². The van der Waals surface area contributed by atoms with Crippen molar-refractivity contribution in [3.63, 3.8) is 0 Å². The number of hydrogen-bond donors (Lipinski definition) is 1. The minimum Gasteiger partial charge on any atom is -0.341 e. The summed E-state index contributed by atoms with van der Waals surface area (Å²) in [5.74, 6) is 0.525. The van der Waals surface area contributed by atoms with Gasteiger partial charge in [0.05, 0.1) is 5.75 Å². The van der Waals surface area contributed by atoms with Crippen molar-refractivity contribution in [1.82, 2.24) is 14.8 Å². The highest BCUT2D eigenvalue weighted by Crippen LogP contribution is 2.41. The minimum atomic E-state index is -0.205. The fourth-order valence-electron chi connectivity index (χ4n) is 4.83. The summed E-state index contributed by atoms with van der Waals surface area (Å²) in [5, 5.41) is 12.5. The lowest BCUT2D eigenvalue weighted by Crippen LogP contribution is -2.32. The lowest BCUT2D eigenvalue weighted by Gasteiger charge is -2.27. The summed E-state index contributed by atoms with van der Waals surface area (Å²) in [6, 6.07) is 12.1. The molecule has 9 heteroatoms. The number of ketones is 2.